The minimum Gasteiger partial charge on any atom is -0.0839 e. The molecular weight excluding hydrogens is 168 g/mol. The molecule has 0 nitrogen and oxygen atoms in total. The van der Waals surface area contributed by atoms with Crippen molar-refractivity contribution in [2.45, 2.75) is 51.9 Å². The van der Waals surface area contributed by atoms with Crippen LogP contribution in [0.4, 0.5) is 0 Å². The van der Waals surface area contributed by atoms with Crippen LogP contribution in [0, 0.1) is 23.2 Å². The number of hydrogen-bond acceptors (Lipinski definition) is 0. The lowest BCUT2D eigenvalue weighted by Gasteiger charge is -2.25. The van der Waals surface area contributed by atoms with E-state index in [4.69, 9.17) is 0 Å². The SMILES string of the molecule is CCCCCCC1CC2C=CC23C[C@@H]13. The second kappa shape index (κ2) is 3.12. The van der Waals surface area contributed by atoms with E-state index in [2.05, 4.69) is 19.1 Å². The van der Waals surface area contributed by atoms with Crippen LogP contribution in [0.5, 0.6) is 0 Å². The van der Waals surface area contributed by atoms with E-state index >= 15 is 0 Å². The number of rotatable bonds is 5. The fourth-order valence-electron chi connectivity index (χ4n) is 3.97. The molecule has 14 heavy (non-hydrogen) atoms. The van der Waals surface area contributed by atoms with Gasteiger partial charge in [-0.25, -0.2) is 0 Å². The zero-order valence-corrected chi connectivity index (χ0v) is 9.34. The van der Waals surface area contributed by atoms with E-state index in [1.807, 2.05) is 0 Å². The quantitative estimate of drug-likeness (QED) is 0.451. The molecule has 0 heteroatoms. The largest absolute Gasteiger partial charge is 0.0839 e. The Morgan fingerprint density at radius 2 is 2.21 bits per heavy atom. The molecule has 78 valence electrons. The first-order valence-corrected chi connectivity index (χ1v) is 6.56. The first-order valence-electron chi connectivity index (χ1n) is 6.56. The van der Waals surface area contributed by atoms with Crippen LogP contribution in [-0.4, -0.2) is 0 Å². The standard InChI is InChI=1S/C14H22/c1-2-3-4-5-6-11-9-12-7-8-14(12)10-13(11)14/h7-8,11-13H,2-6,9-10H2,1H3/t11?,12?,13-,14?/m0/s1. The first-order chi connectivity index (χ1) is 6.87. The third-order valence-electron chi connectivity index (χ3n) is 4.99. The van der Waals surface area contributed by atoms with Crippen LogP contribution in [0.15, 0.2) is 12.2 Å². The van der Waals surface area contributed by atoms with E-state index in [1.165, 1.54) is 38.5 Å². The Labute approximate surface area is 87.8 Å². The summed E-state index contributed by atoms with van der Waals surface area (Å²) in [7, 11) is 0. The molecule has 3 aliphatic carbocycles. The minimum absolute atomic E-state index is 0.787. The molecule has 0 aromatic heterocycles. The van der Waals surface area contributed by atoms with Crippen LogP contribution >= 0.6 is 0 Å². The highest BCUT2D eigenvalue weighted by atomic mass is 14.7. The van der Waals surface area contributed by atoms with E-state index in [1.54, 1.807) is 6.42 Å². The molecule has 0 bridgehead atoms. The van der Waals surface area contributed by atoms with Gasteiger partial charge in [0.2, 0.25) is 0 Å². The lowest BCUT2D eigenvalue weighted by Crippen LogP contribution is -2.16. The van der Waals surface area contributed by atoms with Crippen LogP contribution in [-0.2, 0) is 0 Å². The van der Waals surface area contributed by atoms with Gasteiger partial charge in [-0.1, -0.05) is 51.2 Å². The van der Waals surface area contributed by atoms with Gasteiger partial charge in [-0.15, -0.1) is 0 Å². The van der Waals surface area contributed by atoms with Gasteiger partial charge in [-0.05, 0) is 36.0 Å². The average Bonchev–Trinajstić information content (AvgIpc) is 2.88. The molecule has 0 saturated heterocycles. The molecule has 3 aliphatic rings. The van der Waals surface area contributed by atoms with Gasteiger partial charge < -0.3 is 0 Å². The van der Waals surface area contributed by atoms with Crippen LogP contribution < -0.4 is 0 Å². The molecule has 3 unspecified atom stereocenters. The Balaban J connectivity index is 1.44. The van der Waals surface area contributed by atoms with Crippen molar-refractivity contribution in [2.75, 3.05) is 0 Å². The Kier molecular flexibility index (Phi) is 2.00. The second-order valence-electron chi connectivity index (χ2n) is 5.73. The van der Waals surface area contributed by atoms with Crippen LogP contribution in [0.3, 0.4) is 0 Å². The molecule has 0 aliphatic heterocycles. The van der Waals surface area contributed by atoms with Crippen LogP contribution in [0.25, 0.3) is 0 Å². The average molecular weight is 190 g/mol. The van der Waals surface area contributed by atoms with E-state index < -0.39 is 0 Å². The summed E-state index contributed by atoms with van der Waals surface area (Å²) in [5.41, 5.74) is 0.787. The van der Waals surface area contributed by atoms with Gasteiger partial charge >= 0.3 is 0 Å². The summed E-state index contributed by atoms with van der Waals surface area (Å²) < 4.78 is 0. The number of hydrogen-bond donors (Lipinski definition) is 0. The molecule has 0 amide bonds. The Bertz CT molecular complexity index is 253. The fourth-order valence-corrected chi connectivity index (χ4v) is 3.97. The molecule has 0 aromatic rings. The summed E-state index contributed by atoms with van der Waals surface area (Å²) in [6.45, 7) is 2.30. The maximum Gasteiger partial charge on any atom is -0.00211 e. The van der Waals surface area contributed by atoms with Crippen molar-refractivity contribution in [3.63, 3.8) is 0 Å². The van der Waals surface area contributed by atoms with Crippen LogP contribution in [0.1, 0.15) is 51.9 Å². The van der Waals surface area contributed by atoms with E-state index in [-0.39, 0.29) is 0 Å². The lowest BCUT2D eigenvalue weighted by molar-refractivity contribution is 0.389. The Hall–Kier alpha value is -0.260. The summed E-state index contributed by atoms with van der Waals surface area (Å²) >= 11 is 0. The number of allylic oxidation sites excluding steroid dienone is 2. The highest BCUT2D eigenvalue weighted by Crippen LogP contribution is 2.74. The third kappa shape index (κ3) is 1.12. The van der Waals surface area contributed by atoms with Crippen molar-refractivity contribution in [3.8, 4) is 0 Å². The van der Waals surface area contributed by atoms with Crippen molar-refractivity contribution >= 4 is 0 Å². The second-order valence-corrected chi connectivity index (χ2v) is 5.73. The van der Waals surface area contributed by atoms with Gasteiger partial charge in [0.25, 0.3) is 0 Å². The molecule has 4 atom stereocenters. The third-order valence-corrected chi connectivity index (χ3v) is 4.99. The predicted octanol–water partition coefficient (Wildman–Crippen LogP) is 4.17. The molecule has 0 radical (unpaired) electrons. The summed E-state index contributed by atoms with van der Waals surface area (Å²) in [6, 6.07) is 0. The molecule has 3 rings (SSSR count). The molecule has 0 heterocycles. The van der Waals surface area contributed by atoms with Gasteiger partial charge in [0.15, 0.2) is 0 Å². The van der Waals surface area contributed by atoms with Gasteiger partial charge in [0, 0.05) is 0 Å². The molecule has 2 saturated carbocycles. The molecule has 0 aromatic carbocycles. The van der Waals surface area contributed by atoms with Gasteiger partial charge in [-0.2, -0.15) is 0 Å². The predicted molar refractivity (Wildman–Crippen MR) is 60.0 cm³/mol. The minimum atomic E-state index is 0.787. The first kappa shape index (κ1) is 9.00. The maximum absolute atomic E-state index is 2.52. The monoisotopic (exact) mass is 190 g/mol. The molecule has 1 spiro atoms. The maximum atomic E-state index is 2.52. The summed E-state index contributed by atoms with van der Waals surface area (Å²) in [5, 5.41) is 0. The zero-order chi connectivity index (χ0) is 9.60. The summed E-state index contributed by atoms with van der Waals surface area (Å²) in [4.78, 5) is 0. The fraction of sp³-hybridized carbons (Fsp3) is 0.857. The lowest BCUT2D eigenvalue weighted by atomic mass is 9.80. The number of unbranched alkanes of at least 4 members (excludes halogenated alkanes) is 3. The molecule has 0 N–H and O–H groups in total. The van der Waals surface area contributed by atoms with Crippen molar-refractivity contribution < 1.29 is 0 Å². The van der Waals surface area contributed by atoms with Gasteiger partial charge in [0.1, 0.15) is 0 Å². The Morgan fingerprint density at radius 3 is 2.71 bits per heavy atom. The zero-order valence-electron chi connectivity index (χ0n) is 9.34. The van der Waals surface area contributed by atoms with E-state index in [0.29, 0.717) is 0 Å². The highest BCUT2D eigenvalue weighted by molar-refractivity contribution is 5.34. The summed E-state index contributed by atoms with van der Waals surface area (Å²) in [6.07, 6.45) is 15.4. The van der Waals surface area contributed by atoms with Crippen molar-refractivity contribution in [1.82, 2.24) is 0 Å². The van der Waals surface area contributed by atoms with Crippen LogP contribution in [0.2, 0.25) is 0 Å². The molecule has 2 fully saturated rings. The topological polar surface area (TPSA) is 0 Å². The van der Waals surface area contributed by atoms with Crippen molar-refractivity contribution in [1.29, 1.82) is 0 Å². The van der Waals surface area contributed by atoms with E-state index in [0.717, 1.165) is 23.2 Å². The molecular formula is C14H22. The Morgan fingerprint density at radius 1 is 1.29 bits per heavy atom. The smallest absolute Gasteiger partial charge is 0.00211 e. The summed E-state index contributed by atoms with van der Waals surface area (Å²) in [5.74, 6) is 3.25. The van der Waals surface area contributed by atoms with Gasteiger partial charge in [-0.3, -0.25) is 0 Å². The van der Waals surface area contributed by atoms with E-state index in [9.17, 15) is 0 Å². The highest BCUT2D eigenvalue weighted by Gasteiger charge is 2.67. The normalized spacial score (nSPS) is 47.1. The van der Waals surface area contributed by atoms with Gasteiger partial charge in [0.05, 0.1) is 0 Å². The van der Waals surface area contributed by atoms with Crippen molar-refractivity contribution in [3.05, 3.63) is 12.2 Å². The van der Waals surface area contributed by atoms with Crippen molar-refractivity contribution in [2.24, 2.45) is 23.2 Å².